The molecule has 2 rings (SSSR count). The third-order valence-electron chi connectivity index (χ3n) is 4.19. The van der Waals surface area contributed by atoms with Gasteiger partial charge >= 0.3 is 5.97 Å². The highest BCUT2D eigenvalue weighted by atomic mass is 16.5. The van der Waals surface area contributed by atoms with Crippen molar-refractivity contribution in [3.63, 3.8) is 0 Å². The molecule has 0 atom stereocenters. The molecule has 0 aliphatic rings. The van der Waals surface area contributed by atoms with Gasteiger partial charge in [0.05, 0.1) is 12.2 Å². The number of carbonyl (C=O) groups is 2. The van der Waals surface area contributed by atoms with Gasteiger partial charge in [-0.3, -0.25) is 4.79 Å². The summed E-state index contributed by atoms with van der Waals surface area (Å²) in [4.78, 5) is 24.0. The van der Waals surface area contributed by atoms with E-state index < -0.39 is 0 Å². The van der Waals surface area contributed by atoms with E-state index in [9.17, 15) is 14.9 Å². The van der Waals surface area contributed by atoms with Crippen molar-refractivity contribution < 1.29 is 14.3 Å². The third kappa shape index (κ3) is 4.68. The van der Waals surface area contributed by atoms with Crippen LogP contribution in [0.3, 0.4) is 0 Å². The van der Waals surface area contributed by atoms with E-state index in [-0.39, 0.29) is 23.5 Å². The lowest BCUT2D eigenvalue weighted by Gasteiger charge is -2.11. The van der Waals surface area contributed by atoms with Crippen LogP contribution in [0, 0.1) is 25.2 Å². The smallest absolute Gasteiger partial charge is 0.338 e. The minimum Gasteiger partial charge on any atom is -0.462 e. The van der Waals surface area contributed by atoms with Crippen molar-refractivity contribution >= 4 is 18.0 Å². The molecule has 0 saturated carbocycles. The van der Waals surface area contributed by atoms with Gasteiger partial charge in [0.2, 0.25) is 0 Å². The molecule has 28 heavy (non-hydrogen) atoms. The summed E-state index contributed by atoms with van der Waals surface area (Å²) >= 11 is 0. The average molecular weight is 379 g/mol. The topological polar surface area (TPSA) is 84.1 Å². The summed E-state index contributed by atoms with van der Waals surface area (Å²) < 4.78 is 7.02. The monoisotopic (exact) mass is 379 g/mol. The van der Waals surface area contributed by atoms with Crippen LogP contribution in [-0.2, 0) is 9.53 Å². The molecule has 1 aromatic carbocycles. The Morgan fingerprint density at radius 2 is 1.89 bits per heavy atom. The number of hydrogen-bond acceptors (Lipinski definition) is 4. The van der Waals surface area contributed by atoms with Crippen molar-refractivity contribution in [2.45, 2.75) is 40.7 Å². The molecule has 0 saturated heterocycles. The molecule has 0 fully saturated rings. The average Bonchev–Trinajstić information content (AvgIpc) is 2.92. The molecular formula is C22H25N3O3. The zero-order valence-electron chi connectivity index (χ0n) is 16.9. The van der Waals surface area contributed by atoms with Gasteiger partial charge in [-0.25, -0.2) is 4.79 Å². The van der Waals surface area contributed by atoms with Crippen LogP contribution in [0.4, 0.5) is 0 Å². The first-order valence-corrected chi connectivity index (χ1v) is 9.17. The van der Waals surface area contributed by atoms with Gasteiger partial charge in [0.1, 0.15) is 11.6 Å². The summed E-state index contributed by atoms with van der Waals surface area (Å²) in [6, 6.07) is 11.0. The number of benzene rings is 1. The Kier molecular flexibility index (Phi) is 6.78. The molecule has 0 bridgehead atoms. The maximum atomic E-state index is 12.2. The Morgan fingerprint density at radius 1 is 1.25 bits per heavy atom. The summed E-state index contributed by atoms with van der Waals surface area (Å²) in [5.41, 5.74) is 4.08. The Labute approximate surface area is 165 Å². The van der Waals surface area contributed by atoms with Crippen LogP contribution in [-0.4, -0.2) is 29.1 Å². The second-order valence-electron chi connectivity index (χ2n) is 6.73. The second-order valence-corrected chi connectivity index (χ2v) is 6.73. The van der Waals surface area contributed by atoms with Crippen LogP contribution in [0.5, 0.6) is 0 Å². The minimum absolute atomic E-state index is 0.0467. The van der Waals surface area contributed by atoms with E-state index in [4.69, 9.17) is 4.74 Å². The molecule has 1 amide bonds. The van der Waals surface area contributed by atoms with E-state index >= 15 is 0 Å². The molecule has 146 valence electrons. The molecule has 6 nitrogen and oxygen atoms in total. The van der Waals surface area contributed by atoms with Gasteiger partial charge < -0.3 is 14.6 Å². The fourth-order valence-electron chi connectivity index (χ4n) is 2.94. The van der Waals surface area contributed by atoms with E-state index in [1.807, 2.05) is 56.5 Å². The molecule has 1 heterocycles. The van der Waals surface area contributed by atoms with Crippen molar-refractivity contribution in [1.82, 2.24) is 9.88 Å². The van der Waals surface area contributed by atoms with Crippen molar-refractivity contribution in [3.05, 3.63) is 58.4 Å². The summed E-state index contributed by atoms with van der Waals surface area (Å²) in [7, 11) is 0. The molecule has 1 N–H and O–H groups in total. The zero-order chi connectivity index (χ0) is 20.8. The highest BCUT2D eigenvalue weighted by Gasteiger charge is 2.15. The number of nitrogens with zero attached hydrogens (tertiary/aromatic N) is 2. The van der Waals surface area contributed by atoms with E-state index in [0.717, 1.165) is 22.6 Å². The maximum Gasteiger partial charge on any atom is 0.338 e. The van der Waals surface area contributed by atoms with Crippen molar-refractivity contribution in [1.29, 1.82) is 5.26 Å². The van der Waals surface area contributed by atoms with Gasteiger partial charge in [0.25, 0.3) is 5.91 Å². The molecular weight excluding hydrogens is 354 g/mol. The Balaban J connectivity index is 2.38. The first-order chi connectivity index (χ1) is 13.3. The number of rotatable bonds is 6. The number of amides is 1. The largest absolute Gasteiger partial charge is 0.462 e. The Morgan fingerprint density at radius 3 is 2.43 bits per heavy atom. The van der Waals surface area contributed by atoms with Gasteiger partial charge in [-0.15, -0.1) is 0 Å². The van der Waals surface area contributed by atoms with E-state index in [1.165, 1.54) is 0 Å². The lowest BCUT2D eigenvalue weighted by atomic mass is 10.1. The van der Waals surface area contributed by atoms with E-state index in [0.29, 0.717) is 12.2 Å². The molecule has 1 aromatic heterocycles. The fourth-order valence-corrected chi connectivity index (χ4v) is 2.94. The number of nitrogens with one attached hydrogen (secondary N) is 1. The molecule has 0 radical (unpaired) electrons. The van der Waals surface area contributed by atoms with Crippen LogP contribution in [0.2, 0.25) is 0 Å². The van der Waals surface area contributed by atoms with Gasteiger partial charge in [0.15, 0.2) is 0 Å². The van der Waals surface area contributed by atoms with Gasteiger partial charge in [-0.1, -0.05) is 0 Å². The van der Waals surface area contributed by atoms with Gasteiger partial charge in [-0.2, -0.15) is 5.26 Å². The summed E-state index contributed by atoms with van der Waals surface area (Å²) in [6.07, 6.45) is 1.60. The highest BCUT2D eigenvalue weighted by molar-refractivity contribution is 6.02. The number of aromatic nitrogens is 1. The first-order valence-electron chi connectivity index (χ1n) is 9.17. The summed E-state index contributed by atoms with van der Waals surface area (Å²) in [5.74, 6) is -0.741. The Bertz CT molecular complexity index is 945. The van der Waals surface area contributed by atoms with Crippen molar-refractivity contribution in [2.75, 3.05) is 6.61 Å². The molecule has 0 aliphatic heterocycles. The van der Waals surface area contributed by atoms with Gasteiger partial charge in [0, 0.05) is 23.1 Å². The predicted molar refractivity (Wildman–Crippen MR) is 108 cm³/mol. The molecule has 0 spiro atoms. The molecule has 0 aliphatic carbocycles. The standard InChI is InChI=1S/C22H25N3O3/c1-6-28-22(27)17-7-9-20(10-8-17)25-15(4)11-18(16(25)5)12-19(13-23)21(26)24-14(2)3/h7-12,14H,6H2,1-5H3,(H,24,26)/b19-12-. The number of carbonyl (C=O) groups excluding carboxylic acids is 2. The summed E-state index contributed by atoms with van der Waals surface area (Å²) in [5, 5.41) is 12.1. The lowest BCUT2D eigenvalue weighted by molar-refractivity contribution is -0.117. The number of nitriles is 1. The van der Waals surface area contributed by atoms with E-state index in [2.05, 4.69) is 5.32 Å². The van der Waals surface area contributed by atoms with Crippen LogP contribution in [0.1, 0.15) is 48.1 Å². The quantitative estimate of drug-likeness (QED) is 0.471. The normalized spacial score (nSPS) is 11.2. The summed E-state index contributed by atoms with van der Waals surface area (Å²) in [6.45, 7) is 9.66. The van der Waals surface area contributed by atoms with Crippen molar-refractivity contribution in [2.24, 2.45) is 0 Å². The predicted octanol–water partition coefficient (Wildman–Crippen LogP) is 3.70. The maximum absolute atomic E-state index is 12.2. The van der Waals surface area contributed by atoms with Crippen LogP contribution >= 0.6 is 0 Å². The van der Waals surface area contributed by atoms with Crippen LogP contribution in [0.15, 0.2) is 35.9 Å². The molecule has 2 aromatic rings. The van der Waals surface area contributed by atoms with Crippen LogP contribution < -0.4 is 5.32 Å². The van der Waals surface area contributed by atoms with Crippen molar-refractivity contribution in [3.8, 4) is 11.8 Å². The number of esters is 1. The number of aryl methyl sites for hydroxylation is 1. The minimum atomic E-state index is -0.388. The van der Waals surface area contributed by atoms with Crippen LogP contribution in [0.25, 0.3) is 11.8 Å². The first kappa shape index (κ1) is 21.0. The number of ether oxygens (including phenoxy) is 1. The lowest BCUT2D eigenvalue weighted by Crippen LogP contribution is -2.30. The SMILES string of the molecule is CCOC(=O)c1ccc(-n2c(C)cc(/C=C(/C#N)C(=O)NC(C)C)c2C)cc1. The Hall–Kier alpha value is -3.33. The van der Waals surface area contributed by atoms with E-state index in [1.54, 1.807) is 25.1 Å². The van der Waals surface area contributed by atoms with Gasteiger partial charge in [-0.05, 0) is 76.6 Å². The fraction of sp³-hybridized carbons (Fsp3) is 0.318. The molecule has 6 heteroatoms. The molecule has 0 unspecified atom stereocenters. The highest BCUT2D eigenvalue weighted by Crippen LogP contribution is 2.23. The zero-order valence-corrected chi connectivity index (χ0v) is 16.9. The second kappa shape index (κ2) is 9.05. The third-order valence-corrected chi connectivity index (χ3v) is 4.19. The number of hydrogen-bond donors (Lipinski definition) is 1.